The van der Waals surface area contributed by atoms with Gasteiger partial charge in [-0.05, 0) is 36.4 Å². The molecule has 2 aromatic rings. The summed E-state index contributed by atoms with van der Waals surface area (Å²) in [5, 5.41) is 8.22. The molecule has 0 radical (unpaired) electrons. The number of fused-ring (bicyclic) bond motifs is 1. The molecule has 3 N–H and O–H groups in total. The molecule has 2 aromatic carbocycles. The normalized spacial score (nSPS) is 17.4. The second kappa shape index (κ2) is 8.32. The first-order valence-corrected chi connectivity index (χ1v) is 9.63. The number of carbonyl (C=O) groups is 3. The van der Waals surface area contributed by atoms with Crippen LogP contribution >= 0.6 is 0 Å². The molecule has 1 fully saturated rings. The van der Waals surface area contributed by atoms with Crippen molar-refractivity contribution in [3.05, 3.63) is 42.5 Å². The molecule has 0 unspecified atom stereocenters. The van der Waals surface area contributed by atoms with E-state index < -0.39 is 6.03 Å². The smallest absolute Gasteiger partial charge is 0.319 e. The highest BCUT2D eigenvalue weighted by Crippen LogP contribution is 2.35. The molecule has 0 aromatic heterocycles. The predicted molar refractivity (Wildman–Crippen MR) is 111 cm³/mol. The minimum atomic E-state index is -0.399. The monoisotopic (exact) mass is 410 g/mol. The van der Waals surface area contributed by atoms with Crippen LogP contribution in [0.5, 0.6) is 11.5 Å². The van der Waals surface area contributed by atoms with E-state index in [1.807, 2.05) is 6.07 Å². The first kappa shape index (κ1) is 19.6. The predicted octanol–water partition coefficient (Wildman–Crippen LogP) is 2.34. The van der Waals surface area contributed by atoms with Gasteiger partial charge < -0.3 is 30.3 Å². The zero-order valence-electron chi connectivity index (χ0n) is 16.4. The van der Waals surface area contributed by atoms with Crippen molar-refractivity contribution in [1.29, 1.82) is 0 Å². The van der Waals surface area contributed by atoms with Gasteiger partial charge >= 0.3 is 6.03 Å². The van der Waals surface area contributed by atoms with Crippen molar-refractivity contribution < 1.29 is 23.9 Å². The maximum Gasteiger partial charge on any atom is 0.319 e. The van der Waals surface area contributed by atoms with Crippen molar-refractivity contribution in [2.75, 3.05) is 35.3 Å². The summed E-state index contributed by atoms with van der Waals surface area (Å²) in [4.78, 5) is 37.5. The summed E-state index contributed by atoms with van der Waals surface area (Å²) in [5.74, 6) is 1.04. The first-order valence-electron chi connectivity index (χ1n) is 9.63. The Morgan fingerprint density at radius 1 is 0.967 bits per heavy atom. The van der Waals surface area contributed by atoms with E-state index >= 15 is 0 Å². The molecule has 2 aliphatic heterocycles. The Hall–Kier alpha value is -3.75. The van der Waals surface area contributed by atoms with Crippen molar-refractivity contribution in [3.63, 3.8) is 0 Å². The molecule has 1 atom stereocenters. The Balaban J connectivity index is 1.34. The van der Waals surface area contributed by atoms with E-state index in [-0.39, 0.29) is 24.3 Å². The lowest BCUT2D eigenvalue weighted by atomic mass is 10.2. The molecule has 1 saturated heterocycles. The van der Waals surface area contributed by atoms with Gasteiger partial charge in [0.1, 0.15) is 13.2 Å². The molecule has 156 valence electrons. The average Bonchev–Trinajstić information content (AvgIpc) is 3.08. The summed E-state index contributed by atoms with van der Waals surface area (Å²) in [6.07, 6.45) is 0.212. The van der Waals surface area contributed by atoms with Crippen molar-refractivity contribution in [1.82, 2.24) is 5.32 Å². The third-order valence-electron chi connectivity index (χ3n) is 4.76. The second-order valence-electron chi connectivity index (χ2n) is 7.09. The third-order valence-corrected chi connectivity index (χ3v) is 4.76. The van der Waals surface area contributed by atoms with Gasteiger partial charge in [-0.25, -0.2) is 4.79 Å². The SMILES string of the molecule is CC(=O)Nc1ccc(NC(=O)N[C@@H]2CC(=O)N(c3ccc4c(c3)OCCO4)C2)cc1. The van der Waals surface area contributed by atoms with E-state index in [9.17, 15) is 14.4 Å². The van der Waals surface area contributed by atoms with Crippen LogP contribution in [0.1, 0.15) is 13.3 Å². The van der Waals surface area contributed by atoms with Crippen LogP contribution in [-0.2, 0) is 9.59 Å². The number of urea groups is 1. The lowest BCUT2D eigenvalue weighted by molar-refractivity contribution is -0.117. The van der Waals surface area contributed by atoms with Gasteiger partial charge in [-0.2, -0.15) is 0 Å². The number of hydrogen-bond donors (Lipinski definition) is 3. The molecule has 2 heterocycles. The van der Waals surface area contributed by atoms with Crippen LogP contribution in [-0.4, -0.2) is 43.6 Å². The summed E-state index contributed by atoms with van der Waals surface area (Å²) in [5.41, 5.74) is 1.93. The number of amides is 4. The van der Waals surface area contributed by atoms with Crippen LogP contribution in [0.15, 0.2) is 42.5 Å². The summed E-state index contributed by atoms with van der Waals surface area (Å²) in [6, 6.07) is 11.4. The van der Waals surface area contributed by atoms with Gasteiger partial charge in [0.15, 0.2) is 11.5 Å². The molecule has 9 heteroatoms. The topological polar surface area (TPSA) is 109 Å². The van der Waals surface area contributed by atoms with E-state index in [1.54, 1.807) is 41.3 Å². The fourth-order valence-electron chi connectivity index (χ4n) is 3.45. The molecule has 0 saturated carbocycles. The van der Waals surface area contributed by atoms with Crippen LogP contribution < -0.4 is 30.3 Å². The molecular weight excluding hydrogens is 388 g/mol. The van der Waals surface area contributed by atoms with E-state index in [0.717, 1.165) is 0 Å². The van der Waals surface area contributed by atoms with Crippen LogP contribution in [0, 0.1) is 0 Å². The standard InChI is InChI=1S/C21H22N4O5/c1-13(26)22-14-2-4-15(5-3-14)23-21(28)24-16-10-20(27)25(12-16)17-6-7-18-19(11-17)30-9-8-29-18/h2-7,11,16H,8-10,12H2,1H3,(H,22,26)(H2,23,24,28)/t16-/m1/s1. The largest absolute Gasteiger partial charge is 0.486 e. The number of hydrogen-bond acceptors (Lipinski definition) is 5. The van der Waals surface area contributed by atoms with Crippen LogP contribution in [0.4, 0.5) is 21.9 Å². The Labute approximate surface area is 173 Å². The summed E-state index contributed by atoms with van der Waals surface area (Å²) in [7, 11) is 0. The molecule has 9 nitrogen and oxygen atoms in total. The van der Waals surface area contributed by atoms with Crippen LogP contribution in [0.3, 0.4) is 0 Å². The van der Waals surface area contributed by atoms with Gasteiger partial charge in [0, 0.05) is 43.0 Å². The molecule has 0 bridgehead atoms. The Kier molecular flexibility index (Phi) is 5.42. The van der Waals surface area contributed by atoms with E-state index in [4.69, 9.17) is 9.47 Å². The highest BCUT2D eigenvalue weighted by molar-refractivity contribution is 5.98. The third kappa shape index (κ3) is 4.45. The van der Waals surface area contributed by atoms with Crippen molar-refractivity contribution in [3.8, 4) is 11.5 Å². The molecule has 4 amide bonds. The second-order valence-corrected chi connectivity index (χ2v) is 7.09. The Bertz CT molecular complexity index is 976. The summed E-state index contributed by atoms with van der Waals surface area (Å²) < 4.78 is 11.1. The zero-order chi connectivity index (χ0) is 21.1. The Morgan fingerprint density at radius 2 is 1.63 bits per heavy atom. The minimum absolute atomic E-state index is 0.0726. The highest BCUT2D eigenvalue weighted by Gasteiger charge is 2.32. The van der Waals surface area contributed by atoms with E-state index in [1.165, 1.54) is 6.92 Å². The number of ether oxygens (including phenoxy) is 2. The maximum absolute atomic E-state index is 12.5. The molecular formula is C21H22N4O5. The van der Waals surface area contributed by atoms with Gasteiger partial charge in [-0.3, -0.25) is 9.59 Å². The fourth-order valence-corrected chi connectivity index (χ4v) is 3.45. The van der Waals surface area contributed by atoms with Crippen molar-refractivity contribution >= 4 is 34.9 Å². The molecule has 2 aliphatic rings. The summed E-state index contributed by atoms with van der Waals surface area (Å²) in [6.45, 7) is 2.77. The van der Waals surface area contributed by atoms with Gasteiger partial charge in [0.05, 0.1) is 6.04 Å². The lowest BCUT2D eigenvalue weighted by Crippen LogP contribution is -2.39. The number of benzene rings is 2. The van der Waals surface area contributed by atoms with Gasteiger partial charge in [-0.15, -0.1) is 0 Å². The van der Waals surface area contributed by atoms with Crippen LogP contribution in [0.25, 0.3) is 0 Å². The molecule has 4 rings (SSSR count). The van der Waals surface area contributed by atoms with Crippen molar-refractivity contribution in [2.24, 2.45) is 0 Å². The number of nitrogens with one attached hydrogen (secondary N) is 3. The Morgan fingerprint density at radius 3 is 2.33 bits per heavy atom. The quantitative estimate of drug-likeness (QED) is 0.717. The van der Waals surface area contributed by atoms with Gasteiger partial charge in [0.25, 0.3) is 0 Å². The van der Waals surface area contributed by atoms with Gasteiger partial charge in [-0.1, -0.05) is 0 Å². The fraction of sp³-hybridized carbons (Fsp3) is 0.286. The van der Waals surface area contributed by atoms with E-state index in [0.29, 0.717) is 48.3 Å². The van der Waals surface area contributed by atoms with Gasteiger partial charge in [0.2, 0.25) is 11.8 Å². The van der Waals surface area contributed by atoms with Crippen LogP contribution in [0.2, 0.25) is 0 Å². The molecule has 0 aliphatic carbocycles. The highest BCUT2D eigenvalue weighted by atomic mass is 16.6. The number of anilines is 3. The lowest BCUT2D eigenvalue weighted by Gasteiger charge is -2.22. The number of rotatable bonds is 4. The molecule has 0 spiro atoms. The maximum atomic E-state index is 12.5. The minimum Gasteiger partial charge on any atom is -0.486 e. The van der Waals surface area contributed by atoms with E-state index in [2.05, 4.69) is 16.0 Å². The number of carbonyl (C=O) groups excluding carboxylic acids is 3. The average molecular weight is 410 g/mol. The number of nitrogens with zero attached hydrogens (tertiary/aromatic N) is 1. The molecule has 30 heavy (non-hydrogen) atoms. The summed E-state index contributed by atoms with van der Waals surface area (Å²) >= 11 is 0. The first-order chi connectivity index (χ1) is 14.5. The van der Waals surface area contributed by atoms with Crippen molar-refractivity contribution in [2.45, 2.75) is 19.4 Å². The zero-order valence-corrected chi connectivity index (χ0v) is 16.4.